The molecule has 0 spiro atoms. The molecule has 0 radical (unpaired) electrons. The molecule has 0 aliphatic heterocycles. The maximum atomic E-state index is 12.0. The smallest absolute Gasteiger partial charge is 0.306 e. The van der Waals surface area contributed by atoms with Gasteiger partial charge in [0.05, 0.1) is 10.6 Å². The van der Waals surface area contributed by atoms with Gasteiger partial charge < -0.3 is 10.1 Å². The summed E-state index contributed by atoms with van der Waals surface area (Å²) < 4.78 is 5.90. The maximum absolute atomic E-state index is 12.0. The molecule has 2 aromatic carbocycles. The Morgan fingerprint density at radius 2 is 1.62 bits per heavy atom. The Morgan fingerprint density at radius 3 is 2.28 bits per heavy atom. The van der Waals surface area contributed by atoms with Crippen molar-refractivity contribution in [2.75, 3.05) is 11.9 Å². The van der Waals surface area contributed by atoms with Crippen LogP contribution in [0.25, 0.3) is 0 Å². The molecule has 0 atom stereocenters. The lowest BCUT2D eigenvalue weighted by Gasteiger charge is -2.10. The SMILES string of the molecule is Cc1cc(NC(=O)COC(=O)CCCC(=O)NNC(=O)c2ccccc2Cl)cc(C)c1Br. The lowest BCUT2D eigenvalue weighted by Crippen LogP contribution is -2.41. The molecule has 10 heteroatoms. The number of aryl methyl sites for hydroxylation is 2. The van der Waals surface area contributed by atoms with E-state index in [1.54, 1.807) is 30.3 Å². The monoisotopic (exact) mass is 523 g/mol. The normalized spacial score (nSPS) is 10.2. The lowest BCUT2D eigenvalue weighted by atomic mass is 10.1. The number of carbonyl (C=O) groups excluding carboxylic acids is 4. The molecule has 0 fully saturated rings. The fourth-order valence-electron chi connectivity index (χ4n) is 2.73. The van der Waals surface area contributed by atoms with Crippen LogP contribution in [0, 0.1) is 13.8 Å². The molecule has 2 rings (SSSR count). The van der Waals surface area contributed by atoms with Crippen LogP contribution in [-0.2, 0) is 19.1 Å². The summed E-state index contributed by atoms with van der Waals surface area (Å²) in [5, 5.41) is 2.94. The first-order valence-electron chi connectivity index (χ1n) is 9.73. The second-order valence-corrected chi connectivity index (χ2v) is 8.17. The van der Waals surface area contributed by atoms with Crippen molar-refractivity contribution in [3.8, 4) is 0 Å². The standard InChI is InChI=1S/C22H23BrClN3O5/c1-13-10-15(11-14(2)21(13)23)25-19(29)12-32-20(30)9-5-8-18(28)26-27-22(31)16-6-3-4-7-17(16)24/h3-4,6-7,10-11H,5,8-9,12H2,1-2H3,(H,25,29)(H,26,28)(H,27,31). The Bertz CT molecular complexity index is 1010. The van der Waals surface area contributed by atoms with E-state index >= 15 is 0 Å². The minimum absolute atomic E-state index is 0.0124. The molecule has 0 aliphatic rings. The molecule has 0 saturated heterocycles. The number of anilines is 1. The van der Waals surface area contributed by atoms with Gasteiger partial charge in [-0.15, -0.1) is 0 Å². The fourth-order valence-corrected chi connectivity index (χ4v) is 3.18. The van der Waals surface area contributed by atoms with E-state index in [1.807, 2.05) is 13.8 Å². The third-order valence-corrected chi connectivity index (χ3v) is 5.88. The zero-order valence-corrected chi connectivity index (χ0v) is 19.9. The molecule has 3 N–H and O–H groups in total. The average molecular weight is 525 g/mol. The molecule has 0 bridgehead atoms. The van der Waals surface area contributed by atoms with Gasteiger partial charge in [0.15, 0.2) is 6.61 Å². The zero-order chi connectivity index (χ0) is 23.7. The highest BCUT2D eigenvalue weighted by Gasteiger charge is 2.12. The van der Waals surface area contributed by atoms with E-state index < -0.39 is 30.3 Å². The van der Waals surface area contributed by atoms with Gasteiger partial charge in [-0.2, -0.15) is 0 Å². The second-order valence-electron chi connectivity index (χ2n) is 6.97. The molecular weight excluding hydrogens is 502 g/mol. The highest BCUT2D eigenvalue weighted by atomic mass is 79.9. The first kappa shape index (κ1) is 25.4. The minimum Gasteiger partial charge on any atom is -0.456 e. The van der Waals surface area contributed by atoms with E-state index in [2.05, 4.69) is 32.1 Å². The number of nitrogens with one attached hydrogen (secondary N) is 3. The van der Waals surface area contributed by atoms with Gasteiger partial charge in [-0.25, -0.2) is 0 Å². The third-order valence-electron chi connectivity index (χ3n) is 4.30. The van der Waals surface area contributed by atoms with Crippen LogP contribution >= 0.6 is 27.5 Å². The van der Waals surface area contributed by atoms with Crippen molar-refractivity contribution in [2.45, 2.75) is 33.1 Å². The number of rotatable bonds is 8. The van der Waals surface area contributed by atoms with Gasteiger partial charge in [0, 0.05) is 23.0 Å². The summed E-state index contributed by atoms with van der Waals surface area (Å²) in [4.78, 5) is 47.6. The number of hydrazine groups is 1. The molecule has 3 amide bonds. The summed E-state index contributed by atoms with van der Waals surface area (Å²) in [5.74, 6) is -2.09. The van der Waals surface area contributed by atoms with Gasteiger partial charge in [0.2, 0.25) is 5.91 Å². The quantitative estimate of drug-likeness (QED) is 0.359. The number of benzene rings is 2. The molecular formula is C22H23BrClN3O5. The van der Waals surface area contributed by atoms with E-state index in [0.29, 0.717) is 5.69 Å². The van der Waals surface area contributed by atoms with Crippen molar-refractivity contribution < 1.29 is 23.9 Å². The first-order chi connectivity index (χ1) is 15.2. The summed E-state index contributed by atoms with van der Waals surface area (Å²) in [6, 6.07) is 10.0. The minimum atomic E-state index is -0.601. The number of esters is 1. The maximum Gasteiger partial charge on any atom is 0.306 e. The largest absolute Gasteiger partial charge is 0.456 e. The van der Waals surface area contributed by atoms with Gasteiger partial charge in [-0.3, -0.25) is 30.0 Å². The Hall–Kier alpha value is -2.91. The van der Waals surface area contributed by atoms with E-state index in [9.17, 15) is 19.2 Å². The fraction of sp³-hybridized carbons (Fsp3) is 0.273. The van der Waals surface area contributed by atoms with Crippen molar-refractivity contribution in [1.29, 1.82) is 0 Å². The van der Waals surface area contributed by atoms with E-state index in [1.165, 1.54) is 6.07 Å². The predicted molar refractivity (Wildman–Crippen MR) is 124 cm³/mol. The first-order valence-corrected chi connectivity index (χ1v) is 10.9. The molecule has 0 unspecified atom stereocenters. The van der Waals surface area contributed by atoms with Crippen molar-refractivity contribution in [3.63, 3.8) is 0 Å². The second kappa shape index (κ2) is 12.2. The Kier molecular flexibility index (Phi) is 9.67. The van der Waals surface area contributed by atoms with Gasteiger partial charge >= 0.3 is 5.97 Å². The third kappa shape index (κ3) is 7.97. The highest BCUT2D eigenvalue weighted by molar-refractivity contribution is 9.10. The lowest BCUT2D eigenvalue weighted by molar-refractivity contribution is -0.147. The summed E-state index contributed by atoms with van der Waals surface area (Å²) in [7, 11) is 0. The molecule has 0 saturated carbocycles. The van der Waals surface area contributed by atoms with Crippen LogP contribution in [0.15, 0.2) is 40.9 Å². The van der Waals surface area contributed by atoms with Crippen LogP contribution in [0.3, 0.4) is 0 Å². The number of hydrogen-bond acceptors (Lipinski definition) is 5. The van der Waals surface area contributed by atoms with Crippen molar-refractivity contribution in [2.24, 2.45) is 0 Å². The van der Waals surface area contributed by atoms with Gasteiger partial charge in [-0.1, -0.05) is 39.7 Å². The van der Waals surface area contributed by atoms with Gasteiger partial charge in [0.25, 0.3) is 11.8 Å². The summed E-state index contributed by atoms with van der Waals surface area (Å²) in [6.45, 7) is 3.39. The van der Waals surface area contributed by atoms with Crippen molar-refractivity contribution in [3.05, 3.63) is 62.6 Å². The Balaban J connectivity index is 1.64. The predicted octanol–water partition coefficient (Wildman–Crippen LogP) is 3.83. The van der Waals surface area contributed by atoms with Crippen LogP contribution in [-0.4, -0.2) is 30.3 Å². The molecule has 0 aliphatic carbocycles. The molecule has 8 nitrogen and oxygen atoms in total. The van der Waals surface area contributed by atoms with Crippen LogP contribution < -0.4 is 16.2 Å². The topological polar surface area (TPSA) is 114 Å². The number of amides is 3. The van der Waals surface area contributed by atoms with Gasteiger partial charge in [-0.05, 0) is 55.7 Å². The molecule has 0 heterocycles. The average Bonchev–Trinajstić information content (AvgIpc) is 2.74. The van der Waals surface area contributed by atoms with Crippen LogP contribution in [0.5, 0.6) is 0 Å². The highest BCUT2D eigenvalue weighted by Crippen LogP contribution is 2.24. The summed E-state index contributed by atoms with van der Waals surface area (Å²) in [5.41, 5.74) is 7.29. The number of halogens is 2. The molecule has 0 aromatic heterocycles. The number of ether oxygens (including phenoxy) is 1. The Morgan fingerprint density at radius 1 is 0.969 bits per heavy atom. The van der Waals surface area contributed by atoms with E-state index in [-0.39, 0.29) is 29.8 Å². The molecule has 32 heavy (non-hydrogen) atoms. The number of carbonyl (C=O) groups is 4. The van der Waals surface area contributed by atoms with Crippen molar-refractivity contribution >= 4 is 56.9 Å². The van der Waals surface area contributed by atoms with E-state index in [4.69, 9.17) is 16.3 Å². The number of hydrogen-bond donors (Lipinski definition) is 3. The van der Waals surface area contributed by atoms with Gasteiger partial charge in [0.1, 0.15) is 0 Å². The molecule has 2 aromatic rings. The van der Waals surface area contributed by atoms with E-state index in [0.717, 1.165) is 15.6 Å². The van der Waals surface area contributed by atoms with Crippen molar-refractivity contribution in [1.82, 2.24) is 10.9 Å². The summed E-state index contributed by atoms with van der Waals surface area (Å²) >= 11 is 9.37. The zero-order valence-electron chi connectivity index (χ0n) is 17.6. The van der Waals surface area contributed by atoms with Crippen LogP contribution in [0.1, 0.15) is 40.7 Å². The molecule has 170 valence electrons. The van der Waals surface area contributed by atoms with Crippen LogP contribution in [0.4, 0.5) is 5.69 Å². The Labute approximate surface area is 199 Å². The summed E-state index contributed by atoms with van der Waals surface area (Å²) in [6.07, 6.45) is 0.135. The van der Waals surface area contributed by atoms with Crippen LogP contribution in [0.2, 0.25) is 5.02 Å².